The number of aliphatic hydroxyl groups excluding tert-OH is 1. The predicted molar refractivity (Wildman–Crippen MR) is 140 cm³/mol. The van der Waals surface area contributed by atoms with E-state index in [1.807, 2.05) is 6.07 Å². The number of halogens is 1. The molecule has 1 atom stereocenters. The molecule has 196 valence electrons. The summed E-state index contributed by atoms with van der Waals surface area (Å²) in [6.07, 6.45) is -0.0324. The van der Waals surface area contributed by atoms with Crippen molar-refractivity contribution in [3.63, 3.8) is 0 Å². The van der Waals surface area contributed by atoms with Crippen molar-refractivity contribution in [1.82, 2.24) is 10.4 Å². The highest BCUT2D eigenvalue weighted by atomic mass is 35.5. The highest BCUT2D eigenvalue weighted by molar-refractivity contribution is 7.91. The third-order valence-corrected chi connectivity index (χ3v) is 7.58. The summed E-state index contributed by atoms with van der Waals surface area (Å²) in [6.45, 7) is 3.97. The molecular formula is C27H29ClN2O6S. The van der Waals surface area contributed by atoms with Gasteiger partial charge in [-0.15, -0.1) is 0 Å². The van der Waals surface area contributed by atoms with E-state index in [9.17, 15) is 23.1 Å². The van der Waals surface area contributed by atoms with E-state index in [4.69, 9.17) is 16.4 Å². The molecular weight excluding hydrogens is 516 g/mol. The summed E-state index contributed by atoms with van der Waals surface area (Å²) in [5.41, 5.74) is 1.87. The molecule has 37 heavy (non-hydrogen) atoms. The van der Waals surface area contributed by atoms with Crippen LogP contribution in [0.2, 0.25) is 5.02 Å². The predicted octanol–water partition coefficient (Wildman–Crippen LogP) is 3.98. The second-order valence-corrected chi connectivity index (χ2v) is 10.7. The molecule has 3 rings (SSSR count). The number of sulfone groups is 1. The van der Waals surface area contributed by atoms with Gasteiger partial charge < -0.3 is 15.3 Å². The molecule has 3 aromatic carbocycles. The monoisotopic (exact) mass is 544 g/mol. The number of carbonyl (C=O) groups excluding carboxylic acids is 2. The van der Waals surface area contributed by atoms with Crippen molar-refractivity contribution in [2.75, 3.05) is 19.6 Å². The Kier molecular flexibility index (Phi) is 9.82. The highest BCUT2D eigenvalue weighted by Gasteiger charge is 2.21. The van der Waals surface area contributed by atoms with Crippen molar-refractivity contribution < 1.29 is 28.0 Å². The van der Waals surface area contributed by atoms with Crippen LogP contribution in [0.5, 0.6) is 0 Å². The van der Waals surface area contributed by atoms with Crippen molar-refractivity contribution in [1.29, 1.82) is 0 Å². The number of aliphatic hydroxyl groups is 1. The molecule has 0 spiro atoms. The standard InChI is InChI=1S/C27H29ClN2O6S/c1-3-30(36-19(2)31)27(33)21-9-13-25(14-10-21)37(34,35)24-11-7-20(8-12-24)15-16-29-18-26(32)22-5-4-6-23(28)17-22/h4-14,17,26,29,32H,3,15-16,18H2,1-2H3/t26-/m0/s1. The van der Waals surface area contributed by atoms with E-state index < -0.39 is 27.8 Å². The Morgan fingerprint density at radius 2 is 1.65 bits per heavy atom. The number of carbonyl (C=O) groups is 2. The molecule has 0 aliphatic heterocycles. The Bertz CT molecular complexity index is 1330. The summed E-state index contributed by atoms with van der Waals surface area (Å²) < 4.78 is 26.1. The second-order valence-electron chi connectivity index (χ2n) is 8.28. The van der Waals surface area contributed by atoms with Crippen molar-refractivity contribution in [3.8, 4) is 0 Å². The Hall–Kier alpha value is -3.24. The van der Waals surface area contributed by atoms with Gasteiger partial charge in [0.25, 0.3) is 5.91 Å². The lowest BCUT2D eigenvalue weighted by Crippen LogP contribution is -2.32. The maximum atomic E-state index is 13.0. The normalized spacial score (nSPS) is 12.1. The van der Waals surface area contributed by atoms with Crippen LogP contribution in [0, 0.1) is 0 Å². The average Bonchev–Trinajstić information content (AvgIpc) is 2.89. The second kappa shape index (κ2) is 12.8. The first-order chi connectivity index (χ1) is 17.6. The molecule has 0 aromatic heterocycles. The van der Waals surface area contributed by atoms with Crippen molar-refractivity contribution >= 4 is 33.3 Å². The fourth-order valence-electron chi connectivity index (χ4n) is 3.60. The number of hydrogen-bond acceptors (Lipinski definition) is 7. The number of rotatable bonds is 10. The fraction of sp³-hybridized carbons (Fsp3) is 0.259. The summed E-state index contributed by atoms with van der Waals surface area (Å²) in [5, 5.41) is 14.9. The van der Waals surface area contributed by atoms with Crippen molar-refractivity contribution in [2.24, 2.45) is 0 Å². The summed E-state index contributed by atoms with van der Waals surface area (Å²) in [6, 6.07) is 19.1. The molecule has 2 N–H and O–H groups in total. The third-order valence-electron chi connectivity index (χ3n) is 5.56. The number of hydrogen-bond donors (Lipinski definition) is 2. The summed E-state index contributed by atoms with van der Waals surface area (Å²) in [7, 11) is -3.78. The van der Waals surface area contributed by atoms with Crippen LogP contribution in [0.15, 0.2) is 82.6 Å². The van der Waals surface area contributed by atoms with Crippen LogP contribution in [0.25, 0.3) is 0 Å². The summed E-state index contributed by atoms with van der Waals surface area (Å²) in [4.78, 5) is 28.7. The molecule has 0 fully saturated rings. The molecule has 0 radical (unpaired) electrons. The molecule has 10 heteroatoms. The molecule has 0 aliphatic rings. The van der Waals surface area contributed by atoms with E-state index in [2.05, 4.69) is 5.32 Å². The van der Waals surface area contributed by atoms with E-state index in [1.165, 1.54) is 31.2 Å². The maximum Gasteiger partial charge on any atom is 0.329 e. The fourth-order valence-corrected chi connectivity index (χ4v) is 5.06. The SMILES string of the molecule is CCN(OC(C)=O)C(=O)c1ccc(S(=O)(=O)c2ccc(CCNC[C@H](O)c3cccc(Cl)c3)cc2)cc1. The van der Waals surface area contributed by atoms with E-state index >= 15 is 0 Å². The van der Waals surface area contributed by atoms with Gasteiger partial charge in [-0.1, -0.05) is 35.9 Å². The molecule has 8 nitrogen and oxygen atoms in total. The first-order valence-corrected chi connectivity index (χ1v) is 13.6. The Labute approximate surface area is 221 Å². The molecule has 0 saturated carbocycles. The zero-order valence-electron chi connectivity index (χ0n) is 20.6. The van der Waals surface area contributed by atoms with Gasteiger partial charge in [0.05, 0.1) is 22.4 Å². The minimum Gasteiger partial charge on any atom is -0.387 e. The Morgan fingerprint density at radius 1 is 1.03 bits per heavy atom. The number of nitrogens with zero attached hydrogens (tertiary/aromatic N) is 1. The quantitative estimate of drug-likeness (QED) is 0.293. The van der Waals surface area contributed by atoms with Gasteiger partial charge in [0.2, 0.25) is 9.84 Å². The average molecular weight is 545 g/mol. The van der Waals surface area contributed by atoms with Crippen LogP contribution in [0.3, 0.4) is 0 Å². The maximum absolute atomic E-state index is 13.0. The molecule has 1 amide bonds. The first-order valence-electron chi connectivity index (χ1n) is 11.7. The van der Waals surface area contributed by atoms with Gasteiger partial charge in [-0.2, -0.15) is 5.06 Å². The van der Waals surface area contributed by atoms with Gasteiger partial charge in [0.15, 0.2) is 0 Å². The van der Waals surface area contributed by atoms with Crippen molar-refractivity contribution in [2.45, 2.75) is 36.2 Å². The van der Waals surface area contributed by atoms with Gasteiger partial charge in [0, 0.05) is 24.1 Å². The van der Waals surface area contributed by atoms with Gasteiger partial charge in [-0.3, -0.25) is 9.59 Å². The minimum atomic E-state index is -3.78. The summed E-state index contributed by atoms with van der Waals surface area (Å²) in [5.74, 6) is -1.16. The topological polar surface area (TPSA) is 113 Å². The largest absolute Gasteiger partial charge is 0.387 e. The number of hydroxylamine groups is 2. The van der Waals surface area contributed by atoms with Crippen LogP contribution in [0.1, 0.15) is 41.4 Å². The Balaban J connectivity index is 1.57. The van der Waals surface area contributed by atoms with Crippen molar-refractivity contribution in [3.05, 3.63) is 94.5 Å². The molecule has 0 heterocycles. The van der Waals surface area contributed by atoms with Crippen LogP contribution < -0.4 is 5.32 Å². The smallest absolute Gasteiger partial charge is 0.329 e. The van der Waals surface area contributed by atoms with E-state index in [0.717, 1.165) is 16.2 Å². The number of benzene rings is 3. The van der Waals surface area contributed by atoms with Gasteiger partial charge in [-0.05, 0) is 79.5 Å². The molecule has 0 unspecified atom stereocenters. The zero-order valence-corrected chi connectivity index (χ0v) is 22.1. The lowest BCUT2D eigenvalue weighted by molar-refractivity contribution is -0.174. The first kappa shape index (κ1) is 28.3. The minimum absolute atomic E-state index is 0.0454. The molecule has 0 saturated heterocycles. The van der Waals surface area contributed by atoms with Crippen LogP contribution in [0.4, 0.5) is 0 Å². The van der Waals surface area contributed by atoms with Gasteiger partial charge >= 0.3 is 5.97 Å². The molecule has 3 aromatic rings. The third kappa shape index (κ3) is 7.62. The molecule has 0 aliphatic carbocycles. The van der Waals surface area contributed by atoms with Crippen LogP contribution in [-0.2, 0) is 25.9 Å². The lowest BCUT2D eigenvalue weighted by atomic mass is 10.1. The number of nitrogens with one attached hydrogen (secondary N) is 1. The highest BCUT2D eigenvalue weighted by Crippen LogP contribution is 2.22. The summed E-state index contributed by atoms with van der Waals surface area (Å²) >= 11 is 5.96. The zero-order chi connectivity index (χ0) is 27.0. The Morgan fingerprint density at radius 3 is 2.22 bits per heavy atom. The number of amides is 1. The van der Waals surface area contributed by atoms with E-state index in [-0.39, 0.29) is 21.9 Å². The van der Waals surface area contributed by atoms with Gasteiger partial charge in [0.1, 0.15) is 0 Å². The lowest BCUT2D eigenvalue weighted by Gasteiger charge is -2.18. The van der Waals surface area contributed by atoms with Gasteiger partial charge in [-0.25, -0.2) is 8.42 Å². The van der Waals surface area contributed by atoms with Crippen LogP contribution in [-0.4, -0.2) is 50.1 Å². The van der Waals surface area contributed by atoms with E-state index in [1.54, 1.807) is 49.4 Å². The van der Waals surface area contributed by atoms with E-state index in [0.29, 0.717) is 24.5 Å². The van der Waals surface area contributed by atoms with Crippen LogP contribution >= 0.6 is 11.6 Å². The molecule has 0 bridgehead atoms.